The van der Waals surface area contributed by atoms with Crippen LogP contribution in [0.25, 0.3) is 0 Å². The van der Waals surface area contributed by atoms with Crippen molar-refractivity contribution in [2.24, 2.45) is 0 Å². The zero-order chi connectivity index (χ0) is 19.4. The highest BCUT2D eigenvalue weighted by Crippen LogP contribution is 2.23. The van der Waals surface area contributed by atoms with Crippen LogP contribution in [-0.4, -0.2) is 82.6 Å². The molecule has 2 atom stereocenters. The summed E-state index contributed by atoms with van der Waals surface area (Å²) in [6.45, 7) is 4.26. The molecule has 2 aliphatic rings. The summed E-state index contributed by atoms with van der Waals surface area (Å²) in [6, 6.07) is 7.82. The molecule has 1 aromatic rings. The van der Waals surface area contributed by atoms with E-state index >= 15 is 0 Å². The molecule has 146 valence electrons. The Kier molecular flexibility index (Phi) is 5.95. The number of benzene rings is 1. The Morgan fingerprint density at radius 3 is 2.52 bits per heavy atom. The van der Waals surface area contributed by atoms with Crippen molar-refractivity contribution < 1.29 is 24.2 Å². The summed E-state index contributed by atoms with van der Waals surface area (Å²) >= 11 is 0. The number of hydrogen-bond acceptors (Lipinski definition) is 4. The summed E-state index contributed by atoms with van der Waals surface area (Å²) in [5.41, 5.74) is 0.823. The minimum Gasteiger partial charge on any atom is -0.465 e. The number of carbonyl (C=O) groups excluding carboxylic acids is 2. The van der Waals surface area contributed by atoms with Gasteiger partial charge in [0.2, 0.25) is 11.8 Å². The van der Waals surface area contributed by atoms with Gasteiger partial charge in [-0.05, 0) is 18.9 Å². The van der Waals surface area contributed by atoms with Crippen molar-refractivity contribution in [1.82, 2.24) is 14.7 Å². The minimum atomic E-state index is -1.13. The largest absolute Gasteiger partial charge is 0.465 e. The van der Waals surface area contributed by atoms with Gasteiger partial charge in [0.15, 0.2) is 0 Å². The molecular formula is C19H25N3O5. The molecule has 3 amide bonds. The molecule has 0 aliphatic carbocycles. The maximum atomic E-state index is 12.9. The summed E-state index contributed by atoms with van der Waals surface area (Å²) in [5.74, 6) is -0.417. The van der Waals surface area contributed by atoms with E-state index in [0.29, 0.717) is 39.3 Å². The van der Waals surface area contributed by atoms with Crippen LogP contribution in [0.3, 0.4) is 0 Å². The Morgan fingerprint density at radius 2 is 1.89 bits per heavy atom. The number of ether oxygens (including phenoxy) is 1. The van der Waals surface area contributed by atoms with Gasteiger partial charge in [0.25, 0.3) is 0 Å². The molecule has 2 aliphatic heterocycles. The molecule has 0 aromatic heterocycles. The second-order valence-electron chi connectivity index (χ2n) is 6.85. The Labute approximate surface area is 158 Å². The quantitative estimate of drug-likeness (QED) is 0.830. The molecule has 8 heteroatoms. The molecule has 2 saturated heterocycles. The highest BCUT2D eigenvalue weighted by Gasteiger charge is 2.42. The van der Waals surface area contributed by atoms with Gasteiger partial charge < -0.3 is 19.6 Å². The molecule has 0 radical (unpaired) electrons. The molecule has 2 fully saturated rings. The van der Waals surface area contributed by atoms with Crippen LogP contribution in [0.4, 0.5) is 4.79 Å². The second kappa shape index (κ2) is 8.39. The van der Waals surface area contributed by atoms with E-state index in [9.17, 15) is 19.5 Å². The number of carboxylic acid groups (broad SMARTS) is 1. The first kappa shape index (κ1) is 19.2. The Bertz CT molecular complexity index is 690. The number of rotatable bonds is 5. The number of morpholine rings is 1. The minimum absolute atomic E-state index is 0.114. The van der Waals surface area contributed by atoms with Crippen LogP contribution >= 0.6 is 0 Å². The van der Waals surface area contributed by atoms with Gasteiger partial charge in [0.1, 0.15) is 12.1 Å². The van der Waals surface area contributed by atoms with Crippen LogP contribution in [0.1, 0.15) is 18.9 Å². The zero-order valence-electron chi connectivity index (χ0n) is 15.4. The van der Waals surface area contributed by atoms with E-state index in [1.807, 2.05) is 30.3 Å². The van der Waals surface area contributed by atoms with Gasteiger partial charge in [-0.1, -0.05) is 30.3 Å². The molecule has 0 spiro atoms. The van der Waals surface area contributed by atoms with E-state index in [4.69, 9.17) is 4.74 Å². The van der Waals surface area contributed by atoms with Crippen molar-refractivity contribution in [1.29, 1.82) is 0 Å². The van der Waals surface area contributed by atoms with Gasteiger partial charge in [-0.15, -0.1) is 0 Å². The summed E-state index contributed by atoms with van der Waals surface area (Å²) in [4.78, 5) is 41.7. The van der Waals surface area contributed by atoms with Crippen LogP contribution in [0.5, 0.6) is 0 Å². The molecule has 1 aromatic carbocycles. The van der Waals surface area contributed by atoms with Crippen molar-refractivity contribution in [2.75, 3.05) is 32.8 Å². The molecular weight excluding hydrogens is 350 g/mol. The fraction of sp³-hybridized carbons (Fsp3) is 0.526. The fourth-order valence-corrected chi connectivity index (χ4v) is 3.63. The number of likely N-dealkylation sites (tertiary alicyclic amines) is 1. The second-order valence-corrected chi connectivity index (χ2v) is 6.85. The van der Waals surface area contributed by atoms with Crippen molar-refractivity contribution >= 4 is 17.9 Å². The normalized spacial score (nSPS) is 21.2. The molecule has 1 N–H and O–H groups in total. The SMILES string of the molecule is C[C@@H](C(=O)N1CCOCC1)N1CC[C@H](N(Cc2ccccc2)C(=O)O)C1=O. The lowest BCUT2D eigenvalue weighted by molar-refractivity contribution is -0.146. The van der Waals surface area contributed by atoms with E-state index in [1.165, 1.54) is 9.80 Å². The van der Waals surface area contributed by atoms with Gasteiger partial charge in [0.05, 0.1) is 13.2 Å². The van der Waals surface area contributed by atoms with Crippen molar-refractivity contribution in [3.8, 4) is 0 Å². The molecule has 8 nitrogen and oxygen atoms in total. The van der Waals surface area contributed by atoms with E-state index in [0.717, 1.165) is 5.56 Å². The van der Waals surface area contributed by atoms with Gasteiger partial charge in [-0.2, -0.15) is 0 Å². The molecule has 2 heterocycles. The van der Waals surface area contributed by atoms with Crippen LogP contribution < -0.4 is 0 Å². The average molecular weight is 375 g/mol. The van der Waals surface area contributed by atoms with Crippen molar-refractivity contribution in [3.05, 3.63) is 35.9 Å². The topological polar surface area (TPSA) is 90.4 Å². The third-order valence-corrected chi connectivity index (χ3v) is 5.18. The molecule has 27 heavy (non-hydrogen) atoms. The maximum absolute atomic E-state index is 12.9. The molecule has 0 unspecified atom stereocenters. The van der Waals surface area contributed by atoms with Crippen LogP contribution in [-0.2, 0) is 20.9 Å². The number of amides is 3. The highest BCUT2D eigenvalue weighted by molar-refractivity contribution is 5.92. The number of hydrogen-bond donors (Lipinski definition) is 1. The zero-order valence-corrected chi connectivity index (χ0v) is 15.4. The first-order valence-electron chi connectivity index (χ1n) is 9.19. The third-order valence-electron chi connectivity index (χ3n) is 5.18. The van der Waals surface area contributed by atoms with E-state index in [2.05, 4.69) is 0 Å². The fourth-order valence-electron chi connectivity index (χ4n) is 3.63. The Hall–Kier alpha value is -2.61. The first-order valence-corrected chi connectivity index (χ1v) is 9.19. The van der Waals surface area contributed by atoms with Crippen LogP contribution in [0.15, 0.2) is 30.3 Å². The lowest BCUT2D eigenvalue weighted by atomic mass is 10.1. The van der Waals surface area contributed by atoms with Gasteiger partial charge in [0, 0.05) is 26.2 Å². The van der Waals surface area contributed by atoms with Gasteiger partial charge in [-0.3, -0.25) is 14.5 Å². The van der Waals surface area contributed by atoms with E-state index in [1.54, 1.807) is 11.8 Å². The maximum Gasteiger partial charge on any atom is 0.408 e. The summed E-state index contributed by atoms with van der Waals surface area (Å²) in [5, 5.41) is 9.62. The monoisotopic (exact) mass is 375 g/mol. The van der Waals surface area contributed by atoms with Crippen molar-refractivity contribution in [3.63, 3.8) is 0 Å². The molecule has 3 rings (SSSR count). The summed E-state index contributed by atoms with van der Waals surface area (Å²) < 4.78 is 5.26. The standard InChI is InChI=1S/C19H25N3O5/c1-14(17(23)20-9-11-27-12-10-20)21-8-7-16(18(21)24)22(19(25)26)13-15-5-3-2-4-6-15/h2-6,14,16H,7-13H2,1H3,(H,25,26)/t14-,16-/m0/s1. The van der Waals surface area contributed by atoms with Crippen LogP contribution in [0.2, 0.25) is 0 Å². The number of carbonyl (C=O) groups is 3. The lowest BCUT2D eigenvalue weighted by Gasteiger charge is -2.33. The van der Waals surface area contributed by atoms with E-state index in [-0.39, 0.29) is 18.4 Å². The third kappa shape index (κ3) is 4.21. The average Bonchev–Trinajstić information content (AvgIpc) is 3.07. The molecule has 0 saturated carbocycles. The molecule has 0 bridgehead atoms. The Morgan fingerprint density at radius 1 is 1.22 bits per heavy atom. The lowest BCUT2D eigenvalue weighted by Crippen LogP contribution is -2.53. The Balaban J connectivity index is 1.68. The predicted molar refractivity (Wildman–Crippen MR) is 97.0 cm³/mol. The smallest absolute Gasteiger partial charge is 0.408 e. The summed E-state index contributed by atoms with van der Waals surface area (Å²) in [6.07, 6.45) is -0.746. The van der Waals surface area contributed by atoms with Crippen molar-refractivity contribution in [2.45, 2.75) is 32.0 Å². The first-order chi connectivity index (χ1) is 13.0. The summed E-state index contributed by atoms with van der Waals surface area (Å²) in [7, 11) is 0. The van der Waals surface area contributed by atoms with Gasteiger partial charge >= 0.3 is 6.09 Å². The number of nitrogens with zero attached hydrogens (tertiary/aromatic N) is 3. The van der Waals surface area contributed by atoms with Gasteiger partial charge in [-0.25, -0.2) is 4.79 Å². The van der Waals surface area contributed by atoms with Crippen LogP contribution in [0, 0.1) is 0 Å². The van der Waals surface area contributed by atoms with E-state index < -0.39 is 18.2 Å². The highest BCUT2D eigenvalue weighted by atomic mass is 16.5. The predicted octanol–water partition coefficient (Wildman–Crippen LogP) is 1.01.